The van der Waals surface area contributed by atoms with Gasteiger partial charge in [-0.15, -0.1) is 11.8 Å². The largest absolute Gasteiger partial charge is 0.354 e. The minimum absolute atomic E-state index is 0.259. The smallest absolute Gasteiger partial charge is 0.325 e. The molecule has 0 bridgehead atoms. The Morgan fingerprint density at radius 1 is 1.11 bits per heavy atom. The molecule has 28 heavy (non-hydrogen) atoms. The standard InChI is InChI=1S/C21H23N3O3S/c1-15-7-9-17(10-8-15)28-12-11-22-19(25)14-24-20(26)18(23-21(24)27)13-16-5-3-2-4-6-16/h2-10,18H,11-14H2,1H3,(H,22,25)(H,23,27). The van der Waals surface area contributed by atoms with Gasteiger partial charge in [0, 0.05) is 23.6 Å². The fourth-order valence-corrected chi connectivity index (χ4v) is 3.68. The summed E-state index contributed by atoms with van der Waals surface area (Å²) >= 11 is 1.64. The summed E-state index contributed by atoms with van der Waals surface area (Å²) in [5.41, 5.74) is 2.16. The molecule has 7 heteroatoms. The molecule has 2 aromatic rings. The van der Waals surface area contributed by atoms with Gasteiger partial charge in [0.15, 0.2) is 0 Å². The first-order chi connectivity index (χ1) is 13.5. The highest BCUT2D eigenvalue weighted by atomic mass is 32.2. The van der Waals surface area contributed by atoms with Crippen LogP contribution in [0.2, 0.25) is 0 Å². The van der Waals surface area contributed by atoms with E-state index in [0.717, 1.165) is 15.4 Å². The van der Waals surface area contributed by atoms with E-state index < -0.39 is 12.1 Å². The molecule has 1 unspecified atom stereocenters. The number of hydrogen-bond acceptors (Lipinski definition) is 4. The van der Waals surface area contributed by atoms with Crippen molar-refractivity contribution in [2.24, 2.45) is 0 Å². The second-order valence-electron chi connectivity index (χ2n) is 6.63. The molecule has 146 valence electrons. The van der Waals surface area contributed by atoms with Crippen molar-refractivity contribution in [3.8, 4) is 0 Å². The fourth-order valence-electron chi connectivity index (χ4n) is 2.91. The molecule has 1 aliphatic heterocycles. The van der Waals surface area contributed by atoms with E-state index >= 15 is 0 Å². The molecule has 3 rings (SSSR count). The SMILES string of the molecule is Cc1ccc(SCCNC(=O)CN2C(=O)NC(Cc3ccccc3)C2=O)cc1. The molecular weight excluding hydrogens is 374 g/mol. The number of rotatable bonds is 8. The van der Waals surface area contributed by atoms with E-state index in [9.17, 15) is 14.4 Å². The predicted molar refractivity (Wildman–Crippen MR) is 109 cm³/mol. The number of hydrogen-bond donors (Lipinski definition) is 2. The van der Waals surface area contributed by atoms with Crippen molar-refractivity contribution >= 4 is 29.6 Å². The van der Waals surface area contributed by atoms with Gasteiger partial charge in [-0.2, -0.15) is 0 Å². The lowest BCUT2D eigenvalue weighted by molar-refractivity contribution is -0.132. The maximum atomic E-state index is 12.5. The molecule has 1 atom stereocenters. The molecule has 2 N–H and O–H groups in total. The summed E-state index contributed by atoms with van der Waals surface area (Å²) in [6, 6.07) is 16.5. The number of benzene rings is 2. The van der Waals surface area contributed by atoms with Gasteiger partial charge < -0.3 is 10.6 Å². The summed E-state index contributed by atoms with van der Waals surface area (Å²) in [5, 5.41) is 5.42. The van der Waals surface area contributed by atoms with Crippen LogP contribution in [-0.2, 0) is 16.0 Å². The van der Waals surface area contributed by atoms with E-state index in [1.165, 1.54) is 5.56 Å². The molecular formula is C21H23N3O3S. The summed E-state index contributed by atoms with van der Waals surface area (Å²) in [7, 11) is 0. The van der Waals surface area contributed by atoms with Crippen LogP contribution in [0.25, 0.3) is 0 Å². The summed E-state index contributed by atoms with van der Waals surface area (Å²) in [5.74, 6) is 0.0115. The van der Waals surface area contributed by atoms with E-state index in [4.69, 9.17) is 0 Å². The number of imide groups is 1. The van der Waals surface area contributed by atoms with Crippen LogP contribution in [0.5, 0.6) is 0 Å². The topological polar surface area (TPSA) is 78.5 Å². The van der Waals surface area contributed by atoms with Crippen molar-refractivity contribution < 1.29 is 14.4 Å². The van der Waals surface area contributed by atoms with Gasteiger partial charge in [0.25, 0.3) is 5.91 Å². The highest BCUT2D eigenvalue weighted by molar-refractivity contribution is 7.99. The number of thioether (sulfide) groups is 1. The van der Waals surface area contributed by atoms with Crippen molar-refractivity contribution in [2.75, 3.05) is 18.8 Å². The third-order valence-electron chi connectivity index (χ3n) is 4.41. The van der Waals surface area contributed by atoms with Crippen molar-refractivity contribution in [1.29, 1.82) is 0 Å². The maximum absolute atomic E-state index is 12.5. The third kappa shape index (κ3) is 5.36. The fraction of sp³-hybridized carbons (Fsp3) is 0.286. The normalized spacial score (nSPS) is 16.2. The van der Waals surface area contributed by atoms with Gasteiger partial charge in [-0.3, -0.25) is 14.5 Å². The zero-order valence-corrected chi connectivity index (χ0v) is 16.5. The van der Waals surface area contributed by atoms with Gasteiger partial charge in [-0.05, 0) is 24.6 Å². The van der Waals surface area contributed by atoms with Crippen LogP contribution >= 0.6 is 11.8 Å². The molecule has 1 aliphatic rings. The van der Waals surface area contributed by atoms with Crippen LogP contribution in [0.1, 0.15) is 11.1 Å². The molecule has 0 saturated carbocycles. The second-order valence-corrected chi connectivity index (χ2v) is 7.80. The second kappa shape index (κ2) is 9.41. The Kier molecular flexibility index (Phi) is 6.71. The number of aryl methyl sites for hydroxylation is 1. The molecule has 0 aromatic heterocycles. The molecule has 4 amide bonds. The van der Waals surface area contributed by atoms with Crippen molar-refractivity contribution in [3.05, 3.63) is 65.7 Å². The van der Waals surface area contributed by atoms with E-state index in [-0.39, 0.29) is 18.4 Å². The summed E-state index contributed by atoms with van der Waals surface area (Å²) < 4.78 is 0. The zero-order chi connectivity index (χ0) is 19.9. The average molecular weight is 398 g/mol. The minimum Gasteiger partial charge on any atom is -0.354 e. The number of nitrogens with zero attached hydrogens (tertiary/aromatic N) is 1. The van der Waals surface area contributed by atoms with E-state index in [1.807, 2.05) is 61.5 Å². The first kappa shape index (κ1) is 19.9. The van der Waals surface area contributed by atoms with Crippen LogP contribution in [0, 0.1) is 6.92 Å². The number of carbonyl (C=O) groups excluding carboxylic acids is 3. The molecule has 0 radical (unpaired) electrons. The summed E-state index contributed by atoms with van der Waals surface area (Å²) in [6.45, 7) is 2.24. The Balaban J connectivity index is 1.42. The maximum Gasteiger partial charge on any atom is 0.325 e. The monoisotopic (exact) mass is 397 g/mol. The lowest BCUT2D eigenvalue weighted by Gasteiger charge is -2.13. The third-order valence-corrected chi connectivity index (χ3v) is 5.42. The predicted octanol–water partition coefficient (Wildman–Crippen LogP) is 2.37. The van der Waals surface area contributed by atoms with Gasteiger partial charge in [0.05, 0.1) is 0 Å². The molecule has 0 spiro atoms. The zero-order valence-electron chi connectivity index (χ0n) is 15.7. The van der Waals surface area contributed by atoms with Crippen molar-refractivity contribution in [3.63, 3.8) is 0 Å². The Hall–Kier alpha value is -2.80. The highest BCUT2D eigenvalue weighted by Gasteiger charge is 2.38. The molecule has 6 nitrogen and oxygen atoms in total. The van der Waals surface area contributed by atoms with Gasteiger partial charge in [0.1, 0.15) is 12.6 Å². The Labute approximate surface area is 168 Å². The highest BCUT2D eigenvalue weighted by Crippen LogP contribution is 2.17. The summed E-state index contributed by atoms with van der Waals surface area (Å²) in [6.07, 6.45) is 0.413. The number of urea groups is 1. The Morgan fingerprint density at radius 3 is 2.54 bits per heavy atom. The van der Waals surface area contributed by atoms with E-state index in [1.54, 1.807) is 11.8 Å². The molecule has 1 fully saturated rings. The van der Waals surface area contributed by atoms with Crippen molar-refractivity contribution in [1.82, 2.24) is 15.5 Å². The van der Waals surface area contributed by atoms with Gasteiger partial charge in [0.2, 0.25) is 5.91 Å². The minimum atomic E-state index is -0.625. The summed E-state index contributed by atoms with van der Waals surface area (Å²) in [4.78, 5) is 38.8. The number of nitrogens with one attached hydrogen (secondary N) is 2. The van der Waals surface area contributed by atoms with Gasteiger partial charge in [-0.1, -0.05) is 48.0 Å². The molecule has 2 aromatic carbocycles. The van der Waals surface area contributed by atoms with Crippen LogP contribution in [-0.4, -0.2) is 47.6 Å². The quantitative estimate of drug-likeness (QED) is 0.407. The van der Waals surface area contributed by atoms with Crippen LogP contribution < -0.4 is 10.6 Å². The average Bonchev–Trinajstić information content (AvgIpc) is 2.95. The number of amides is 4. The first-order valence-corrected chi connectivity index (χ1v) is 10.1. The molecule has 0 aliphatic carbocycles. The molecule has 1 saturated heterocycles. The van der Waals surface area contributed by atoms with Crippen LogP contribution in [0.4, 0.5) is 4.79 Å². The van der Waals surface area contributed by atoms with Gasteiger partial charge in [-0.25, -0.2) is 4.79 Å². The lowest BCUT2D eigenvalue weighted by atomic mass is 10.1. The van der Waals surface area contributed by atoms with Crippen molar-refractivity contribution in [2.45, 2.75) is 24.3 Å². The Morgan fingerprint density at radius 2 is 1.82 bits per heavy atom. The Bertz CT molecular complexity index is 840. The first-order valence-electron chi connectivity index (χ1n) is 9.15. The van der Waals surface area contributed by atoms with Crippen LogP contribution in [0.3, 0.4) is 0 Å². The van der Waals surface area contributed by atoms with E-state index in [0.29, 0.717) is 18.7 Å². The number of carbonyl (C=O) groups is 3. The van der Waals surface area contributed by atoms with Crippen LogP contribution in [0.15, 0.2) is 59.5 Å². The van der Waals surface area contributed by atoms with Gasteiger partial charge >= 0.3 is 6.03 Å². The van der Waals surface area contributed by atoms with E-state index in [2.05, 4.69) is 10.6 Å². The lowest BCUT2D eigenvalue weighted by Crippen LogP contribution is -2.41. The molecule has 1 heterocycles.